The Morgan fingerprint density at radius 3 is 2.24 bits per heavy atom. The molecule has 0 atom stereocenters. The molecule has 0 radical (unpaired) electrons. The molecule has 4 rings (SSSR count). The molecule has 0 aromatic heterocycles. The summed E-state index contributed by atoms with van der Waals surface area (Å²) in [4.78, 5) is 38.3. The van der Waals surface area contributed by atoms with Crippen LogP contribution in [0.25, 0.3) is 0 Å². The minimum absolute atomic E-state index is 0.300. The number of imide groups is 1. The SMILES string of the molecule is O=C(CN1C(=O)c2ccccc2C1=O)c1ccc2c(c1)OCCCO2. The van der Waals surface area contributed by atoms with Gasteiger partial charge < -0.3 is 9.47 Å². The molecule has 25 heavy (non-hydrogen) atoms. The molecule has 2 amide bonds. The molecule has 2 heterocycles. The molecule has 0 spiro atoms. The number of fused-ring (bicyclic) bond motifs is 2. The van der Waals surface area contributed by atoms with Crippen molar-refractivity contribution in [3.63, 3.8) is 0 Å². The normalized spacial score (nSPS) is 15.8. The van der Waals surface area contributed by atoms with Crippen molar-refractivity contribution in [3.8, 4) is 11.5 Å². The zero-order chi connectivity index (χ0) is 17.4. The molecule has 0 saturated carbocycles. The summed E-state index contributed by atoms with van der Waals surface area (Å²) in [5.74, 6) is -0.114. The molecule has 2 aliphatic heterocycles. The molecule has 6 nitrogen and oxygen atoms in total. The summed E-state index contributed by atoms with van der Waals surface area (Å²) in [7, 11) is 0. The molecule has 126 valence electrons. The number of benzene rings is 2. The highest BCUT2D eigenvalue weighted by Gasteiger charge is 2.36. The molecule has 6 heteroatoms. The lowest BCUT2D eigenvalue weighted by Crippen LogP contribution is -2.34. The van der Waals surface area contributed by atoms with Crippen molar-refractivity contribution in [1.29, 1.82) is 0 Å². The fourth-order valence-corrected chi connectivity index (χ4v) is 2.95. The van der Waals surface area contributed by atoms with Gasteiger partial charge in [0.2, 0.25) is 0 Å². The van der Waals surface area contributed by atoms with E-state index in [1.807, 2.05) is 0 Å². The second-order valence-electron chi connectivity index (χ2n) is 5.88. The number of carbonyl (C=O) groups is 3. The maximum Gasteiger partial charge on any atom is 0.261 e. The van der Waals surface area contributed by atoms with Gasteiger partial charge in [0.25, 0.3) is 11.8 Å². The number of nitrogens with zero attached hydrogens (tertiary/aromatic N) is 1. The molecule has 2 aromatic carbocycles. The summed E-state index contributed by atoms with van der Waals surface area (Å²) in [6, 6.07) is 11.5. The lowest BCUT2D eigenvalue weighted by atomic mass is 10.1. The van der Waals surface area contributed by atoms with Gasteiger partial charge in [0.1, 0.15) is 0 Å². The van der Waals surface area contributed by atoms with E-state index >= 15 is 0 Å². The number of ether oxygens (including phenoxy) is 2. The van der Waals surface area contributed by atoms with Crippen LogP contribution in [-0.2, 0) is 0 Å². The van der Waals surface area contributed by atoms with Gasteiger partial charge in [0.05, 0.1) is 30.9 Å². The quantitative estimate of drug-likeness (QED) is 0.635. The van der Waals surface area contributed by atoms with Crippen LogP contribution in [0.3, 0.4) is 0 Å². The third-order valence-corrected chi connectivity index (χ3v) is 4.25. The first-order chi connectivity index (χ1) is 12.1. The van der Waals surface area contributed by atoms with Crippen LogP contribution in [0.5, 0.6) is 11.5 Å². The first kappa shape index (κ1) is 15.4. The highest BCUT2D eigenvalue weighted by molar-refractivity contribution is 6.23. The van der Waals surface area contributed by atoms with Crippen LogP contribution in [0, 0.1) is 0 Å². The Bertz CT molecular complexity index is 854. The lowest BCUT2D eigenvalue weighted by molar-refractivity contribution is 0.0624. The van der Waals surface area contributed by atoms with Crippen molar-refractivity contribution in [2.45, 2.75) is 6.42 Å². The summed E-state index contributed by atoms with van der Waals surface area (Å²) in [5, 5.41) is 0. The van der Waals surface area contributed by atoms with Crippen molar-refractivity contribution in [3.05, 3.63) is 59.2 Å². The monoisotopic (exact) mass is 337 g/mol. The van der Waals surface area contributed by atoms with Crippen LogP contribution in [0.15, 0.2) is 42.5 Å². The van der Waals surface area contributed by atoms with E-state index < -0.39 is 11.8 Å². The number of carbonyl (C=O) groups excluding carboxylic acids is 3. The second-order valence-corrected chi connectivity index (χ2v) is 5.88. The first-order valence-corrected chi connectivity index (χ1v) is 8.03. The Labute approximate surface area is 144 Å². The van der Waals surface area contributed by atoms with Crippen molar-refractivity contribution in [2.24, 2.45) is 0 Å². The average Bonchev–Trinajstić information content (AvgIpc) is 2.81. The van der Waals surface area contributed by atoms with E-state index in [0.717, 1.165) is 11.3 Å². The van der Waals surface area contributed by atoms with E-state index in [1.54, 1.807) is 42.5 Å². The Kier molecular flexibility index (Phi) is 3.72. The number of Topliss-reactive ketones (excluding diaryl/α,β-unsaturated/α-hetero) is 1. The van der Waals surface area contributed by atoms with Crippen molar-refractivity contribution in [1.82, 2.24) is 4.90 Å². The number of hydrogen-bond acceptors (Lipinski definition) is 5. The number of hydrogen-bond donors (Lipinski definition) is 0. The predicted molar refractivity (Wildman–Crippen MR) is 88.2 cm³/mol. The molecule has 0 N–H and O–H groups in total. The summed E-state index contributed by atoms with van der Waals surface area (Å²) >= 11 is 0. The number of rotatable bonds is 3. The fraction of sp³-hybridized carbons (Fsp3) is 0.211. The van der Waals surface area contributed by atoms with E-state index in [9.17, 15) is 14.4 Å². The Hall–Kier alpha value is -3.15. The lowest BCUT2D eigenvalue weighted by Gasteiger charge is -2.14. The summed E-state index contributed by atoms with van der Waals surface area (Å²) < 4.78 is 11.1. The predicted octanol–water partition coefficient (Wildman–Crippen LogP) is 2.33. The fourth-order valence-electron chi connectivity index (χ4n) is 2.95. The van der Waals surface area contributed by atoms with Gasteiger partial charge in [-0.15, -0.1) is 0 Å². The zero-order valence-corrected chi connectivity index (χ0v) is 13.4. The van der Waals surface area contributed by atoms with Crippen LogP contribution in [0.1, 0.15) is 37.5 Å². The topological polar surface area (TPSA) is 72.9 Å². The van der Waals surface area contributed by atoms with Gasteiger partial charge in [-0.25, -0.2) is 0 Å². The van der Waals surface area contributed by atoms with Crippen LogP contribution < -0.4 is 9.47 Å². The first-order valence-electron chi connectivity index (χ1n) is 8.03. The maximum absolute atomic E-state index is 12.6. The Morgan fingerprint density at radius 2 is 1.56 bits per heavy atom. The Balaban J connectivity index is 1.56. The van der Waals surface area contributed by atoms with Crippen molar-refractivity contribution < 1.29 is 23.9 Å². The molecule has 0 fully saturated rings. The molecule has 2 aliphatic rings. The van der Waals surface area contributed by atoms with Crippen LogP contribution >= 0.6 is 0 Å². The van der Waals surface area contributed by atoms with Gasteiger partial charge in [0.15, 0.2) is 17.3 Å². The highest BCUT2D eigenvalue weighted by atomic mass is 16.5. The molecular weight excluding hydrogens is 322 g/mol. The smallest absolute Gasteiger partial charge is 0.261 e. The van der Waals surface area contributed by atoms with Crippen LogP contribution in [0.2, 0.25) is 0 Å². The molecule has 0 unspecified atom stereocenters. The minimum Gasteiger partial charge on any atom is -0.490 e. The van der Waals surface area contributed by atoms with E-state index in [2.05, 4.69) is 0 Å². The zero-order valence-electron chi connectivity index (χ0n) is 13.4. The standard InChI is InChI=1S/C19H15NO5/c21-15(12-6-7-16-17(10-12)25-9-3-8-24-16)11-20-18(22)13-4-1-2-5-14(13)19(20)23/h1-2,4-7,10H,3,8-9,11H2. The third kappa shape index (κ3) is 2.65. The summed E-state index contributed by atoms with van der Waals surface area (Å²) in [6.45, 7) is 0.782. The van der Waals surface area contributed by atoms with E-state index in [1.165, 1.54) is 0 Å². The minimum atomic E-state index is -0.441. The molecule has 2 aromatic rings. The Morgan fingerprint density at radius 1 is 0.920 bits per heavy atom. The van der Waals surface area contributed by atoms with Gasteiger partial charge in [-0.2, -0.15) is 0 Å². The highest BCUT2D eigenvalue weighted by Crippen LogP contribution is 2.31. The van der Waals surface area contributed by atoms with Crippen molar-refractivity contribution in [2.75, 3.05) is 19.8 Å². The van der Waals surface area contributed by atoms with Gasteiger partial charge in [-0.1, -0.05) is 12.1 Å². The molecule has 0 aliphatic carbocycles. The second kappa shape index (κ2) is 6.05. The molecule has 0 bridgehead atoms. The van der Waals surface area contributed by atoms with Gasteiger partial charge in [-0.05, 0) is 30.3 Å². The van der Waals surface area contributed by atoms with Crippen LogP contribution in [0.4, 0.5) is 0 Å². The van der Waals surface area contributed by atoms with E-state index in [4.69, 9.17) is 9.47 Å². The molecular formula is C19H15NO5. The average molecular weight is 337 g/mol. The van der Waals surface area contributed by atoms with Crippen LogP contribution in [-0.4, -0.2) is 42.3 Å². The summed E-state index contributed by atoms with van der Waals surface area (Å²) in [5.41, 5.74) is 1.04. The van der Waals surface area contributed by atoms with E-state index in [-0.39, 0.29) is 12.3 Å². The third-order valence-electron chi connectivity index (χ3n) is 4.25. The van der Waals surface area contributed by atoms with E-state index in [0.29, 0.717) is 41.4 Å². The molecule has 0 saturated heterocycles. The van der Waals surface area contributed by atoms with Gasteiger partial charge >= 0.3 is 0 Å². The largest absolute Gasteiger partial charge is 0.490 e. The number of amides is 2. The number of ketones is 1. The van der Waals surface area contributed by atoms with Crippen molar-refractivity contribution >= 4 is 17.6 Å². The summed E-state index contributed by atoms with van der Waals surface area (Å²) in [6.07, 6.45) is 0.771. The maximum atomic E-state index is 12.6. The van der Waals surface area contributed by atoms with Gasteiger partial charge in [0, 0.05) is 12.0 Å². The van der Waals surface area contributed by atoms with Gasteiger partial charge in [-0.3, -0.25) is 19.3 Å².